The van der Waals surface area contributed by atoms with E-state index in [4.69, 9.17) is 5.11 Å². The molecule has 13 heavy (non-hydrogen) atoms. The topological polar surface area (TPSA) is 20.2 Å². The lowest BCUT2D eigenvalue weighted by Gasteiger charge is -2.00. The fourth-order valence-corrected chi connectivity index (χ4v) is 1.24. The molecule has 0 fully saturated rings. The first-order valence-electron chi connectivity index (χ1n) is 4.63. The first-order valence-corrected chi connectivity index (χ1v) is 4.63. The highest BCUT2D eigenvalue weighted by atomic mass is 16.2. The number of aryl methyl sites for hydroxylation is 1. The summed E-state index contributed by atoms with van der Waals surface area (Å²) in [5, 5.41) is 8.66. The summed E-state index contributed by atoms with van der Waals surface area (Å²) in [6.07, 6.45) is 3.96. The maximum absolute atomic E-state index is 8.66. The van der Waals surface area contributed by atoms with Gasteiger partial charge in [-0.15, -0.1) is 0 Å². The van der Waals surface area contributed by atoms with Gasteiger partial charge in [0.2, 0.25) is 0 Å². The molecule has 0 saturated carbocycles. The molecular weight excluding hydrogens is 160 g/mol. The van der Waals surface area contributed by atoms with Gasteiger partial charge in [0, 0.05) is 0 Å². The Morgan fingerprint density at radius 1 is 1.31 bits per heavy atom. The third kappa shape index (κ3) is 3.90. The number of rotatable bonds is 4. The van der Waals surface area contributed by atoms with Crippen molar-refractivity contribution in [3.8, 4) is 0 Å². The van der Waals surface area contributed by atoms with Crippen LogP contribution in [0.15, 0.2) is 42.0 Å². The standard InChI is InChI=1S/C12H16O/c1-11(9-10-13)7-8-12-5-3-2-4-6-12/h2-6,9,13H,7-8,10H2,1H3/b11-9-. The molecule has 0 radical (unpaired) electrons. The number of allylic oxidation sites excluding steroid dienone is 1. The Hall–Kier alpha value is -1.08. The molecule has 70 valence electrons. The van der Waals surface area contributed by atoms with E-state index in [0.29, 0.717) is 0 Å². The van der Waals surface area contributed by atoms with Crippen LogP contribution in [0.4, 0.5) is 0 Å². The van der Waals surface area contributed by atoms with E-state index in [2.05, 4.69) is 31.2 Å². The Morgan fingerprint density at radius 3 is 2.62 bits per heavy atom. The van der Waals surface area contributed by atoms with Gasteiger partial charge in [-0.25, -0.2) is 0 Å². The molecule has 0 amide bonds. The number of benzene rings is 1. The smallest absolute Gasteiger partial charge is 0.0614 e. The van der Waals surface area contributed by atoms with E-state index in [1.54, 1.807) is 0 Å². The van der Waals surface area contributed by atoms with Gasteiger partial charge in [-0.1, -0.05) is 42.0 Å². The van der Waals surface area contributed by atoms with E-state index >= 15 is 0 Å². The maximum atomic E-state index is 8.66. The normalized spacial score (nSPS) is 11.7. The van der Waals surface area contributed by atoms with Crippen LogP contribution in [0.25, 0.3) is 0 Å². The molecule has 0 heterocycles. The van der Waals surface area contributed by atoms with E-state index < -0.39 is 0 Å². The molecule has 0 spiro atoms. The van der Waals surface area contributed by atoms with Gasteiger partial charge in [0.05, 0.1) is 6.61 Å². The van der Waals surface area contributed by atoms with Crippen molar-refractivity contribution >= 4 is 0 Å². The van der Waals surface area contributed by atoms with E-state index in [0.717, 1.165) is 12.8 Å². The minimum atomic E-state index is 0.153. The maximum Gasteiger partial charge on any atom is 0.0614 e. The van der Waals surface area contributed by atoms with Crippen LogP contribution in [0.2, 0.25) is 0 Å². The summed E-state index contributed by atoms with van der Waals surface area (Å²) < 4.78 is 0. The Labute approximate surface area is 79.7 Å². The quantitative estimate of drug-likeness (QED) is 0.699. The van der Waals surface area contributed by atoms with Gasteiger partial charge in [-0.3, -0.25) is 0 Å². The average molecular weight is 176 g/mol. The van der Waals surface area contributed by atoms with Gasteiger partial charge in [-0.05, 0) is 25.3 Å². The second kappa shape index (κ2) is 5.55. The van der Waals surface area contributed by atoms with Crippen LogP contribution >= 0.6 is 0 Å². The van der Waals surface area contributed by atoms with Crippen molar-refractivity contribution in [2.75, 3.05) is 6.61 Å². The predicted molar refractivity (Wildman–Crippen MR) is 55.6 cm³/mol. The first kappa shape index (κ1) is 10.0. The second-order valence-electron chi connectivity index (χ2n) is 3.22. The highest BCUT2D eigenvalue weighted by Crippen LogP contribution is 2.07. The zero-order chi connectivity index (χ0) is 9.52. The van der Waals surface area contributed by atoms with Gasteiger partial charge in [0.25, 0.3) is 0 Å². The molecule has 1 aromatic rings. The van der Waals surface area contributed by atoms with Crippen LogP contribution < -0.4 is 0 Å². The molecule has 0 bridgehead atoms. The van der Waals surface area contributed by atoms with Crippen molar-refractivity contribution in [1.82, 2.24) is 0 Å². The van der Waals surface area contributed by atoms with Crippen LogP contribution in [0, 0.1) is 0 Å². The van der Waals surface area contributed by atoms with Crippen LogP contribution in [0.1, 0.15) is 18.9 Å². The lowest BCUT2D eigenvalue weighted by atomic mass is 10.1. The summed E-state index contributed by atoms with van der Waals surface area (Å²) in [4.78, 5) is 0. The minimum absolute atomic E-state index is 0.153. The second-order valence-corrected chi connectivity index (χ2v) is 3.22. The highest BCUT2D eigenvalue weighted by molar-refractivity contribution is 5.16. The van der Waals surface area contributed by atoms with Crippen LogP contribution in [0.5, 0.6) is 0 Å². The largest absolute Gasteiger partial charge is 0.392 e. The first-order chi connectivity index (χ1) is 6.33. The molecular formula is C12H16O. The Bertz CT molecular complexity index is 262. The van der Waals surface area contributed by atoms with Gasteiger partial charge in [0.15, 0.2) is 0 Å². The van der Waals surface area contributed by atoms with Crippen molar-refractivity contribution in [3.05, 3.63) is 47.5 Å². The molecule has 1 heteroatoms. The summed E-state index contributed by atoms with van der Waals surface area (Å²) in [5.41, 5.74) is 2.61. The molecule has 1 aromatic carbocycles. The van der Waals surface area contributed by atoms with E-state index in [1.165, 1.54) is 11.1 Å². The van der Waals surface area contributed by atoms with Gasteiger partial charge < -0.3 is 5.11 Å². The van der Waals surface area contributed by atoms with Gasteiger partial charge in [0.1, 0.15) is 0 Å². The van der Waals surface area contributed by atoms with Crippen molar-refractivity contribution in [3.63, 3.8) is 0 Å². The van der Waals surface area contributed by atoms with E-state index in [1.807, 2.05) is 12.1 Å². The molecule has 0 aliphatic carbocycles. The molecule has 1 N–H and O–H groups in total. The lowest BCUT2D eigenvalue weighted by molar-refractivity contribution is 0.341. The van der Waals surface area contributed by atoms with Crippen molar-refractivity contribution in [1.29, 1.82) is 0 Å². The summed E-state index contributed by atoms with van der Waals surface area (Å²) in [5.74, 6) is 0. The Morgan fingerprint density at radius 2 is 2.00 bits per heavy atom. The van der Waals surface area contributed by atoms with Crippen LogP contribution in [-0.4, -0.2) is 11.7 Å². The number of aliphatic hydroxyl groups is 1. The Kier molecular flexibility index (Phi) is 4.27. The third-order valence-corrected chi connectivity index (χ3v) is 2.09. The van der Waals surface area contributed by atoms with Crippen LogP contribution in [-0.2, 0) is 6.42 Å². The van der Waals surface area contributed by atoms with Crippen molar-refractivity contribution < 1.29 is 5.11 Å². The number of hydrogen-bond donors (Lipinski definition) is 1. The molecule has 0 atom stereocenters. The zero-order valence-electron chi connectivity index (χ0n) is 8.03. The Balaban J connectivity index is 2.39. The fourth-order valence-electron chi connectivity index (χ4n) is 1.24. The summed E-state index contributed by atoms with van der Waals surface area (Å²) in [6.45, 7) is 2.21. The molecule has 1 nitrogen and oxygen atoms in total. The van der Waals surface area contributed by atoms with E-state index in [9.17, 15) is 0 Å². The van der Waals surface area contributed by atoms with Gasteiger partial charge >= 0.3 is 0 Å². The van der Waals surface area contributed by atoms with Gasteiger partial charge in [-0.2, -0.15) is 0 Å². The molecule has 0 aliphatic rings. The van der Waals surface area contributed by atoms with Crippen LogP contribution in [0.3, 0.4) is 0 Å². The summed E-state index contributed by atoms with van der Waals surface area (Å²) in [7, 11) is 0. The molecule has 0 unspecified atom stereocenters. The molecule has 0 aromatic heterocycles. The third-order valence-electron chi connectivity index (χ3n) is 2.09. The zero-order valence-corrected chi connectivity index (χ0v) is 8.03. The average Bonchev–Trinajstić information content (AvgIpc) is 2.17. The van der Waals surface area contributed by atoms with E-state index in [-0.39, 0.29) is 6.61 Å². The molecule has 0 saturated heterocycles. The fraction of sp³-hybridized carbons (Fsp3) is 0.333. The van der Waals surface area contributed by atoms with Crippen molar-refractivity contribution in [2.24, 2.45) is 0 Å². The highest BCUT2D eigenvalue weighted by Gasteiger charge is 1.92. The number of aliphatic hydroxyl groups excluding tert-OH is 1. The monoisotopic (exact) mass is 176 g/mol. The van der Waals surface area contributed by atoms with Crippen molar-refractivity contribution in [2.45, 2.75) is 19.8 Å². The molecule has 1 rings (SSSR count). The SMILES string of the molecule is C/C(=C/CO)CCc1ccccc1. The summed E-state index contributed by atoms with van der Waals surface area (Å²) >= 11 is 0. The predicted octanol–water partition coefficient (Wildman–Crippen LogP) is 2.56. The summed E-state index contributed by atoms with van der Waals surface area (Å²) in [6, 6.07) is 10.4. The molecule has 0 aliphatic heterocycles. The number of hydrogen-bond acceptors (Lipinski definition) is 1. The minimum Gasteiger partial charge on any atom is -0.392 e. The lowest BCUT2D eigenvalue weighted by Crippen LogP contribution is -1.87.